The van der Waals surface area contributed by atoms with Crippen molar-refractivity contribution in [2.24, 2.45) is 0 Å². The lowest BCUT2D eigenvalue weighted by atomic mass is 9.96. The Balaban J connectivity index is 1.01. The second-order valence-corrected chi connectivity index (χ2v) is 15.5. The molecule has 5 nitrogen and oxygen atoms in total. The quantitative estimate of drug-likeness (QED) is 0.144. The third kappa shape index (κ3) is 7.22. The highest BCUT2D eigenvalue weighted by atomic mass is 16.3. The largest absolute Gasteiger partial charge is 0.456 e. The van der Waals surface area contributed by atoms with Gasteiger partial charge in [-0.15, -0.1) is 0 Å². The zero-order chi connectivity index (χ0) is 42.1. The average Bonchev–Trinajstić information content (AvgIpc) is 3.75. The van der Waals surface area contributed by atoms with Gasteiger partial charge in [-0.1, -0.05) is 188 Å². The SMILES string of the molecule is [C-]#[N+]c1ccccc1-c1cccc(-c2nc(-c3cccc(-c4ccc(-c5ccccc5)cc4)c3)nc(-c3ccc4c(c3)oc3cccc(-c5ccc(-c6ccccc6)cc5)c34)n2)c1. The molecule has 0 aliphatic heterocycles. The zero-order valence-corrected chi connectivity index (χ0v) is 34.0. The standard InChI is InChI=1S/C58H36N4O/c1-59-52-23-9-8-21-49(52)45-18-11-20-47(36-45)57-60-56(46-19-10-17-44(35-46)42-27-25-40(26-28-42)38-13-4-2-5-14-38)61-58(62-57)48-33-34-51-54(37-48)63-53-24-12-22-50(55(51)53)43-31-29-41(30-32-43)39-15-6-3-7-16-39/h2-37H. The first-order valence-electron chi connectivity index (χ1n) is 20.9. The number of hydrogen-bond acceptors (Lipinski definition) is 4. The molecule has 5 heteroatoms. The van der Waals surface area contributed by atoms with Gasteiger partial charge in [0, 0.05) is 27.5 Å². The maximum Gasteiger partial charge on any atom is 0.194 e. The Morgan fingerprint density at radius 1 is 0.317 bits per heavy atom. The molecular weight excluding hydrogens is 769 g/mol. The monoisotopic (exact) mass is 804 g/mol. The summed E-state index contributed by atoms with van der Waals surface area (Å²) in [6.07, 6.45) is 0. The number of fused-ring (bicyclic) bond motifs is 3. The van der Waals surface area contributed by atoms with Crippen LogP contribution in [0.15, 0.2) is 223 Å². The van der Waals surface area contributed by atoms with Crippen LogP contribution in [0, 0.1) is 6.57 Å². The van der Waals surface area contributed by atoms with Crippen molar-refractivity contribution < 1.29 is 4.42 Å². The van der Waals surface area contributed by atoms with Crippen molar-refractivity contribution in [3.05, 3.63) is 230 Å². The van der Waals surface area contributed by atoms with Crippen LogP contribution in [0.5, 0.6) is 0 Å². The van der Waals surface area contributed by atoms with Gasteiger partial charge >= 0.3 is 0 Å². The zero-order valence-electron chi connectivity index (χ0n) is 34.0. The second kappa shape index (κ2) is 16.0. The molecule has 0 bridgehead atoms. The highest BCUT2D eigenvalue weighted by molar-refractivity contribution is 6.13. The third-order valence-corrected chi connectivity index (χ3v) is 11.6. The molecule has 0 N–H and O–H groups in total. The molecule has 0 saturated carbocycles. The van der Waals surface area contributed by atoms with E-state index in [2.05, 4.69) is 132 Å². The van der Waals surface area contributed by atoms with E-state index in [4.69, 9.17) is 25.9 Å². The molecule has 0 saturated heterocycles. The molecule has 0 aliphatic carbocycles. The van der Waals surface area contributed by atoms with Crippen molar-refractivity contribution in [1.82, 2.24) is 15.0 Å². The molecule has 0 fully saturated rings. The number of furan rings is 1. The minimum atomic E-state index is 0.527. The molecule has 0 amide bonds. The first-order valence-corrected chi connectivity index (χ1v) is 20.9. The Kier molecular flexibility index (Phi) is 9.50. The lowest BCUT2D eigenvalue weighted by molar-refractivity contribution is 0.669. The lowest BCUT2D eigenvalue weighted by Gasteiger charge is -2.11. The van der Waals surface area contributed by atoms with Gasteiger partial charge in [0.25, 0.3) is 0 Å². The van der Waals surface area contributed by atoms with Crippen LogP contribution in [0.1, 0.15) is 0 Å². The van der Waals surface area contributed by atoms with Gasteiger partial charge < -0.3 is 4.42 Å². The molecule has 0 spiro atoms. The molecule has 11 rings (SSSR count). The fraction of sp³-hybridized carbons (Fsp3) is 0. The molecule has 294 valence electrons. The van der Waals surface area contributed by atoms with Crippen molar-refractivity contribution in [2.45, 2.75) is 0 Å². The lowest BCUT2D eigenvalue weighted by Crippen LogP contribution is -2.00. The molecule has 9 aromatic carbocycles. The van der Waals surface area contributed by atoms with E-state index in [9.17, 15) is 0 Å². The van der Waals surface area contributed by atoms with Gasteiger partial charge in [0.05, 0.1) is 6.57 Å². The van der Waals surface area contributed by atoms with Crippen molar-refractivity contribution in [2.75, 3.05) is 0 Å². The summed E-state index contributed by atoms with van der Waals surface area (Å²) in [7, 11) is 0. The minimum absolute atomic E-state index is 0.527. The number of aromatic nitrogens is 3. The number of nitrogens with zero attached hydrogens (tertiary/aromatic N) is 4. The Morgan fingerprint density at radius 3 is 1.37 bits per heavy atom. The van der Waals surface area contributed by atoms with E-state index >= 15 is 0 Å². The normalized spacial score (nSPS) is 11.2. The molecular formula is C58H36N4O. The maximum absolute atomic E-state index is 7.80. The van der Waals surface area contributed by atoms with Crippen LogP contribution in [0.4, 0.5) is 5.69 Å². The maximum atomic E-state index is 7.80. The van der Waals surface area contributed by atoms with E-state index in [0.29, 0.717) is 23.2 Å². The molecule has 11 aromatic rings. The Morgan fingerprint density at radius 2 is 0.746 bits per heavy atom. The van der Waals surface area contributed by atoms with Crippen LogP contribution in [-0.4, -0.2) is 15.0 Å². The molecule has 2 heterocycles. The fourth-order valence-corrected chi connectivity index (χ4v) is 8.41. The molecule has 0 atom stereocenters. The summed E-state index contributed by atoms with van der Waals surface area (Å²) in [5.41, 5.74) is 15.5. The average molecular weight is 805 g/mol. The number of para-hydroxylation sites is 1. The van der Waals surface area contributed by atoms with Crippen LogP contribution < -0.4 is 0 Å². The van der Waals surface area contributed by atoms with Crippen molar-refractivity contribution in [3.63, 3.8) is 0 Å². The van der Waals surface area contributed by atoms with E-state index in [-0.39, 0.29) is 0 Å². The highest BCUT2D eigenvalue weighted by Gasteiger charge is 2.18. The van der Waals surface area contributed by atoms with Crippen molar-refractivity contribution in [3.8, 4) is 89.8 Å². The van der Waals surface area contributed by atoms with Crippen LogP contribution in [0.2, 0.25) is 0 Å². The van der Waals surface area contributed by atoms with Gasteiger partial charge in [0.2, 0.25) is 0 Å². The summed E-state index contributed by atoms with van der Waals surface area (Å²) in [6.45, 7) is 7.80. The van der Waals surface area contributed by atoms with E-state index in [1.807, 2.05) is 91.0 Å². The minimum Gasteiger partial charge on any atom is -0.456 e. The third-order valence-electron chi connectivity index (χ3n) is 11.6. The molecule has 63 heavy (non-hydrogen) atoms. The molecule has 0 radical (unpaired) electrons. The molecule has 0 unspecified atom stereocenters. The summed E-state index contributed by atoms with van der Waals surface area (Å²) in [4.78, 5) is 19.2. The molecule has 0 aliphatic rings. The Hall–Kier alpha value is -8.72. The van der Waals surface area contributed by atoms with Crippen LogP contribution in [0.3, 0.4) is 0 Å². The van der Waals surface area contributed by atoms with Gasteiger partial charge in [0.1, 0.15) is 11.2 Å². The second-order valence-electron chi connectivity index (χ2n) is 15.5. The summed E-state index contributed by atoms with van der Waals surface area (Å²) < 4.78 is 6.59. The fourth-order valence-electron chi connectivity index (χ4n) is 8.41. The van der Waals surface area contributed by atoms with Crippen LogP contribution >= 0.6 is 0 Å². The van der Waals surface area contributed by atoms with E-state index < -0.39 is 0 Å². The summed E-state index contributed by atoms with van der Waals surface area (Å²) in [6, 6.07) is 74.7. The van der Waals surface area contributed by atoms with Gasteiger partial charge in [-0.3, -0.25) is 0 Å². The Bertz CT molecular complexity index is 3500. The first-order chi connectivity index (χ1) is 31.1. The summed E-state index contributed by atoms with van der Waals surface area (Å²) in [5.74, 6) is 1.61. The molecule has 2 aromatic heterocycles. The summed E-state index contributed by atoms with van der Waals surface area (Å²) in [5, 5.41) is 2.08. The smallest absolute Gasteiger partial charge is 0.194 e. The van der Waals surface area contributed by atoms with E-state index in [1.165, 1.54) is 22.3 Å². The first kappa shape index (κ1) is 37.3. The van der Waals surface area contributed by atoms with E-state index in [1.54, 1.807) is 0 Å². The summed E-state index contributed by atoms with van der Waals surface area (Å²) >= 11 is 0. The predicted octanol–water partition coefficient (Wildman–Crippen LogP) is 15.7. The highest BCUT2D eigenvalue weighted by Crippen LogP contribution is 2.40. The number of rotatable bonds is 8. The van der Waals surface area contributed by atoms with Gasteiger partial charge in [-0.25, -0.2) is 19.8 Å². The van der Waals surface area contributed by atoms with Gasteiger partial charge in [-0.05, 0) is 86.0 Å². The predicted molar refractivity (Wildman–Crippen MR) is 257 cm³/mol. The topological polar surface area (TPSA) is 56.2 Å². The van der Waals surface area contributed by atoms with Gasteiger partial charge in [-0.2, -0.15) is 0 Å². The number of hydrogen-bond donors (Lipinski definition) is 0. The van der Waals surface area contributed by atoms with Crippen LogP contribution in [0.25, 0.3) is 117 Å². The van der Waals surface area contributed by atoms with Gasteiger partial charge in [0.15, 0.2) is 23.2 Å². The van der Waals surface area contributed by atoms with E-state index in [0.717, 1.165) is 72.0 Å². The van der Waals surface area contributed by atoms with Crippen molar-refractivity contribution >= 4 is 27.6 Å². The van der Waals surface area contributed by atoms with Crippen LogP contribution in [-0.2, 0) is 0 Å². The van der Waals surface area contributed by atoms with Crippen molar-refractivity contribution in [1.29, 1.82) is 0 Å². The number of benzene rings is 9. The Labute approximate surface area is 365 Å².